The molecule has 0 aliphatic carbocycles. The zero-order valence-corrected chi connectivity index (χ0v) is 16.6. The maximum atomic E-state index is 12.9. The lowest BCUT2D eigenvalue weighted by molar-refractivity contribution is 0.0788. The molecule has 1 aromatic carbocycles. The lowest BCUT2D eigenvalue weighted by Gasteiger charge is -2.19. The summed E-state index contributed by atoms with van der Waals surface area (Å²) in [6.45, 7) is 1.31. The first-order chi connectivity index (χ1) is 14.7. The first-order valence-corrected chi connectivity index (χ1v) is 9.91. The van der Waals surface area contributed by atoms with E-state index in [4.69, 9.17) is 9.72 Å². The molecule has 0 saturated carbocycles. The van der Waals surface area contributed by atoms with Crippen LogP contribution < -0.4 is 4.74 Å². The molecule has 5 rings (SSSR count). The van der Waals surface area contributed by atoms with Crippen LogP contribution in [0.4, 0.5) is 0 Å². The van der Waals surface area contributed by atoms with E-state index in [-0.39, 0.29) is 11.9 Å². The van der Waals surface area contributed by atoms with Crippen molar-refractivity contribution >= 4 is 17.1 Å². The average molecular weight is 399 g/mol. The third-order valence-electron chi connectivity index (χ3n) is 5.54. The Bertz CT molecular complexity index is 1190. The van der Waals surface area contributed by atoms with Crippen LogP contribution in [0.5, 0.6) is 5.75 Å². The summed E-state index contributed by atoms with van der Waals surface area (Å²) in [6.07, 6.45) is 5.93. The summed E-state index contributed by atoms with van der Waals surface area (Å²) in [6, 6.07) is 15.4. The van der Waals surface area contributed by atoms with Gasteiger partial charge in [-0.1, -0.05) is 0 Å². The number of fused-ring (bicyclic) bond motifs is 1. The number of hydrogen-bond acceptors (Lipinski definition) is 5. The van der Waals surface area contributed by atoms with Crippen molar-refractivity contribution in [3.8, 4) is 17.1 Å². The lowest BCUT2D eigenvalue weighted by atomic mass is 10.2. The molecular weight excluding hydrogens is 378 g/mol. The van der Waals surface area contributed by atoms with Gasteiger partial charge in [0.05, 0.1) is 13.2 Å². The Morgan fingerprint density at radius 1 is 1.07 bits per heavy atom. The molecule has 3 aromatic heterocycles. The van der Waals surface area contributed by atoms with Crippen LogP contribution in [0.1, 0.15) is 22.8 Å². The first-order valence-electron chi connectivity index (χ1n) is 9.91. The number of methoxy groups -OCH3 is 1. The van der Waals surface area contributed by atoms with Crippen LogP contribution >= 0.6 is 0 Å². The number of hydrogen-bond donors (Lipinski definition) is 0. The third kappa shape index (κ3) is 3.18. The number of carbonyl (C=O) groups excluding carboxylic acids is 1. The van der Waals surface area contributed by atoms with Crippen molar-refractivity contribution in [2.75, 3.05) is 20.2 Å². The number of ether oxygens (including phenoxy) is 1. The molecule has 7 nitrogen and oxygen atoms in total. The number of pyridine rings is 2. The largest absolute Gasteiger partial charge is 0.497 e. The lowest BCUT2D eigenvalue weighted by Crippen LogP contribution is -2.29. The minimum Gasteiger partial charge on any atom is -0.497 e. The van der Waals surface area contributed by atoms with Crippen molar-refractivity contribution in [1.29, 1.82) is 0 Å². The highest BCUT2D eigenvalue weighted by Crippen LogP contribution is 2.33. The Balaban J connectivity index is 1.51. The Morgan fingerprint density at radius 2 is 1.87 bits per heavy atom. The van der Waals surface area contributed by atoms with Crippen LogP contribution in [-0.2, 0) is 0 Å². The number of likely N-dealkylation sites (tertiary alicyclic amines) is 1. The summed E-state index contributed by atoms with van der Waals surface area (Å²) in [5.74, 6) is 1.69. The molecule has 0 unspecified atom stereocenters. The number of imidazole rings is 1. The van der Waals surface area contributed by atoms with Gasteiger partial charge >= 0.3 is 0 Å². The maximum Gasteiger partial charge on any atom is 0.254 e. The Morgan fingerprint density at radius 3 is 2.63 bits per heavy atom. The van der Waals surface area contributed by atoms with Crippen LogP contribution in [-0.4, -0.2) is 50.5 Å². The van der Waals surface area contributed by atoms with Gasteiger partial charge in [-0.05, 0) is 55.0 Å². The molecule has 1 aliphatic rings. The van der Waals surface area contributed by atoms with E-state index in [1.54, 1.807) is 37.8 Å². The second-order valence-electron chi connectivity index (χ2n) is 7.31. The van der Waals surface area contributed by atoms with E-state index in [2.05, 4.69) is 14.5 Å². The van der Waals surface area contributed by atoms with Crippen molar-refractivity contribution in [2.24, 2.45) is 0 Å². The van der Waals surface area contributed by atoms with E-state index in [0.717, 1.165) is 34.7 Å². The quantitative estimate of drug-likeness (QED) is 0.524. The predicted octanol–water partition coefficient (Wildman–Crippen LogP) is 3.59. The molecular formula is C23H21N5O2. The smallest absolute Gasteiger partial charge is 0.254 e. The summed E-state index contributed by atoms with van der Waals surface area (Å²) in [5.41, 5.74) is 3.34. The molecule has 1 fully saturated rings. The summed E-state index contributed by atoms with van der Waals surface area (Å²) >= 11 is 0. The van der Waals surface area contributed by atoms with E-state index in [0.29, 0.717) is 18.7 Å². The summed E-state index contributed by atoms with van der Waals surface area (Å²) in [4.78, 5) is 28.2. The number of carbonyl (C=O) groups is 1. The normalized spacial score (nSPS) is 16.2. The van der Waals surface area contributed by atoms with Crippen molar-refractivity contribution < 1.29 is 9.53 Å². The predicted molar refractivity (Wildman–Crippen MR) is 113 cm³/mol. The number of amides is 1. The van der Waals surface area contributed by atoms with Gasteiger partial charge in [0, 0.05) is 42.8 Å². The molecule has 1 aliphatic heterocycles. The van der Waals surface area contributed by atoms with E-state index in [1.807, 2.05) is 41.3 Å². The van der Waals surface area contributed by atoms with Gasteiger partial charge in [0.15, 0.2) is 5.65 Å². The molecule has 1 atom stereocenters. The molecule has 30 heavy (non-hydrogen) atoms. The fourth-order valence-electron chi connectivity index (χ4n) is 4.03. The minimum absolute atomic E-state index is 0.0308. The van der Waals surface area contributed by atoms with Crippen LogP contribution in [0.25, 0.3) is 22.6 Å². The SMILES string of the molecule is COc1ccc(-c2nc3cccnc3n2[C@H]2CCN(C(=O)c3ccncc3)C2)cc1. The van der Waals surface area contributed by atoms with Crippen molar-refractivity contribution in [2.45, 2.75) is 12.5 Å². The molecule has 150 valence electrons. The number of nitrogens with zero attached hydrogens (tertiary/aromatic N) is 5. The van der Waals surface area contributed by atoms with E-state index in [1.165, 1.54) is 0 Å². The topological polar surface area (TPSA) is 73.1 Å². The highest BCUT2D eigenvalue weighted by Gasteiger charge is 2.31. The minimum atomic E-state index is 0.0308. The second-order valence-corrected chi connectivity index (χ2v) is 7.31. The van der Waals surface area contributed by atoms with Crippen LogP contribution in [0.15, 0.2) is 67.1 Å². The van der Waals surface area contributed by atoms with E-state index < -0.39 is 0 Å². The van der Waals surface area contributed by atoms with Crippen molar-refractivity contribution in [1.82, 2.24) is 24.4 Å². The highest BCUT2D eigenvalue weighted by atomic mass is 16.5. The molecule has 7 heteroatoms. The number of rotatable bonds is 4. The van der Waals surface area contributed by atoms with Gasteiger partial charge in [-0.15, -0.1) is 0 Å². The average Bonchev–Trinajstić information content (AvgIpc) is 3.44. The Hall–Kier alpha value is -3.74. The molecule has 1 saturated heterocycles. The molecule has 4 aromatic rings. The zero-order valence-electron chi connectivity index (χ0n) is 16.6. The van der Waals surface area contributed by atoms with Gasteiger partial charge in [-0.3, -0.25) is 9.78 Å². The fourth-order valence-corrected chi connectivity index (χ4v) is 4.03. The van der Waals surface area contributed by atoms with E-state index >= 15 is 0 Å². The molecule has 0 spiro atoms. The van der Waals surface area contributed by atoms with Gasteiger partial charge in [0.25, 0.3) is 5.91 Å². The number of aromatic nitrogens is 4. The van der Waals surface area contributed by atoms with Crippen LogP contribution in [0.2, 0.25) is 0 Å². The molecule has 0 N–H and O–H groups in total. The summed E-state index contributed by atoms with van der Waals surface area (Å²) < 4.78 is 7.47. The molecule has 4 heterocycles. The Kier molecular flexibility index (Phi) is 4.63. The van der Waals surface area contributed by atoms with Gasteiger partial charge in [0.2, 0.25) is 0 Å². The van der Waals surface area contributed by atoms with Gasteiger partial charge in [-0.2, -0.15) is 0 Å². The van der Waals surface area contributed by atoms with Crippen LogP contribution in [0.3, 0.4) is 0 Å². The monoisotopic (exact) mass is 399 g/mol. The second kappa shape index (κ2) is 7.59. The maximum absolute atomic E-state index is 12.9. The zero-order chi connectivity index (χ0) is 20.5. The number of benzene rings is 1. The Labute approximate surface area is 174 Å². The highest BCUT2D eigenvalue weighted by molar-refractivity contribution is 5.94. The molecule has 0 bridgehead atoms. The van der Waals surface area contributed by atoms with Crippen molar-refractivity contribution in [3.05, 3.63) is 72.7 Å². The van der Waals surface area contributed by atoms with Crippen molar-refractivity contribution in [3.63, 3.8) is 0 Å². The van der Waals surface area contributed by atoms with Gasteiger partial charge in [-0.25, -0.2) is 9.97 Å². The molecule has 0 radical (unpaired) electrons. The molecule has 1 amide bonds. The first kappa shape index (κ1) is 18.3. The standard InChI is InChI=1S/C23H21N5O2/c1-30-19-6-4-16(5-7-19)21-26-20-3-2-11-25-22(20)28(21)18-10-14-27(15-18)23(29)17-8-12-24-13-9-17/h2-9,11-13,18H,10,14-15H2,1H3/t18-/m0/s1. The van der Waals surface area contributed by atoms with Crippen LogP contribution in [0, 0.1) is 0 Å². The van der Waals surface area contributed by atoms with Gasteiger partial charge in [0.1, 0.15) is 17.1 Å². The third-order valence-corrected chi connectivity index (χ3v) is 5.54. The fraction of sp³-hybridized carbons (Fsp3) is 0.217. The van der Waals surface area contributed by atoms with Gasteiger partial charge < -0.3 is 14.2 Å². The van der Waals surface area contributed by atoms with E-state index in [9.17, 15) is 4.79 Å². The summed E-state index contributed by atoms with van der Waals surface area (Å²) in [5, 5.41) is 0. The summed E-state index contributed by atoms with van der Waals surface area (Å²) in [7, 11) is 1.65.